The Morgan fingerprint density at radius 2 is 1.82 bits per heavy atom. The molecule has 0 atom stereocenters. The third-order valence-corrected chi connectivity index (χ3v) is 1.69. The molecule has 1 aliphatic heterocycles. The fourth-order valence-corrected chi connectivity index (χ4v) is 1.13. The van der Waals surface area contributed by atoms with E-state index in [9.17, 15) is 14.4 Å². The number of hydrogen-bond acceptors (Lipinski definition) is 7. The summed E-state index contributed by atoms with van der Waals surface area (Å²) in [6.45, 7) is 0. The zero-order chi connectivity index (χ0) is 12.4. The van der Waals surface area contributed by atoms with E-state index < -0.39 is 18.5 Å². The first-order chi connectivity index (χ1) is 8.06. The van der Waals surface area contributed by atoms with Crippen LogP contribution < -0.4 is 14.2 Å². The number of benzene rings is 1. The van der Waals surface area contributed by atoms with Crippen molar-refractivity contribution in [1.29, 1.82) is 0 Å². The Kier molecular flexibility index (Phi) is 2.53. The largest absolute Gasteiger partial charge is 0.524 e. The molecule has 2 rings (SSSR count). The van der Waals surface area contributed by atoms with Gasteiger partial charge >= 0.3 is 18.5 Å². The molecule has 0 aromatic heterocycles. The topological polar surface area (TPSA) is 108 Å². The van der Waals surface area contributed by atoms with Gasteiger partial charge in [-0.3, -0.25) is 0 Å². The summed E-state index contributed by atoms with van der Waals surface area (Å²) in [5.41, 5.74) is 0. The van der Waals surface area contributed by atoms with Crippen LogP contribution in [0.15, 0.2) is 18.2 Å². The van der Waals surface area contributed by atoms with Gasteiger partial charge in [-0.15, -0.1) is 0 Å². The van der Waals surface area contributed by atoms with Gasteiger partial charge in [0.2, 0.25) is 5.75 Å². The molecule has 1 aliphatic rings. The van der Waals surface area contributed by atoms with Crippen molar-refractivity contribution >= 4 is 18.5 Å². The monoisotopic (exact) mass is 240 g/mol. The van der Waals surface area contributed by atoms with Crippen LogP contribution in [-0.4, -0.2) is 23.6 Å². The lowest BCUT2D eigenvalue weighted by Gasteiger charge is -2.07. The van der Waals surface area contributed by atoms with Gasteiger partial charge in [-0.2, -0.15) is 0 Å². The zero-order valence-corrected chi connectivity index (χ0v) is 8.04. The molecule has 0 radical (unpaired) electrons. The average Bonchev–Trinajstić information content (AvgIpc) is 2.35. The second-order valence-electron chi connectivity index (χ2n) is 2.76. The van der Waals surface area contributed by atoms with Crippen LogP contribution in [0.4, 0.5) is 14.4 Å². The SMILES string of the molecule is O=C(O)Oc1cccc2c1OC(=O)OC(=O)O2. The van der Waals surface area contributed by atoms with Gasteiger partial charge in [-0.05, 0) is 12.1 Å². The predicted octanol–water partition coefficient (Wildman–Crippen LogP) is 1.77. The number of fused-ring (bicyclic) bond motifs is 1. The van der Waals surface area contributed by atoms with Crippen molar-refractivity contribution in [3.8, 4) is 17.2 Å². The Balaban J connectivity index is 2.45. The fraction of sp³-hybridized carbons (Fsp3) is 0. The highest BCUT2D eigenvalue weighted by Crippen LogP contribution is 2.38. The minimum absolute atomic E-state index is 0.181. The summed E-state index contributed by atoms with van der Waals surface area (Å²) in [6.07, 6.45) is -4.22. The van der Waals surface area contributed by atoms with Crippen LogP contribution in [-0.2, 0) is 4.74 Å². The van der Waals surface area contributed by atoms with Gasteiger partial charge in [0.15, 0.2) is 11.5 Å². The number of cyclic esters (lactones) is 2. The van der Waals surface area contributed by atoms with Gasteiger partial charge in [0, 0.05) is 0 Å². The predicted molar refractivity (Wildman–Crippen MR) is 48.2 cm³/mol. The van der Waals surface area contributed by atoms with Crippen molar-refractivity contribution < 1.29 is 38.4 Å². The molecule has 17 heavy (non-hydrogen) atoms. The Morgan fingerprint density at radius 3 is 2.53 bits per heavy atom. The number of para-hydroxylation sites is 1. The summed E-state index contributed by atoms with van der Waals surface area (Å²) in [4.78, 5) is 32.2. The molecule has 0 spiro atoms. The van der Waals surface area contributed by atoms with E-state index in [1.165, 1.54) is 18.2 Å². The molecule has 0 saturated carbocycles. The lowest BCUT2D eigenvalue weighted by molar-refractivity contribution is 0.0986. The van der Waals surface area contributed by atoms with Crippen LogP contribution in [0.5, 0.6) is 17.2 Å². The van der Waals surface area contributed by atoms with E-state index in [-0.39, 0.29) is 17.2 Å². The van der Waals surface area contributed by atoms with E-state index in [1.54, 1.807) is 0 Å². The van der Waals surface area contributed by atoms with Crippen molar-refractivity contribution in [2.24, 2.45) is 0 Å². The average molecular weight is 240 g/mol. The van der Waals surface area contributed by atoms with Gasteiger partial charge in [0.05, 0.1) is 0 Å². The number of rotatable bonds is 1. The zero-order valence-electron chi connectivity index (χ0n) is 8.04. The molecule has 1 aromatic rings. The number of carboxylic acid groups (broad SMARTS) is 1. The molecule has 0 fully saturated rings. The van der Waals surface area contributed by atoms with Crippen molar-refractivity contribution in [2.45, 2.75) is 0 Å². The Labute approximate surface area is 93.3 Å². The van der Waals surface area contributed by atoms with Gasteiger partial charge in [0.25, 0.3) is 0 Å². The molecule has 8 nitrogen and oxygen atoms in total. The summed E-state index contributed by atoms with van der Waals surface area (Å²) >= 11 is 0. The number of carbonyl (C=O) groups excluding carboxylic acids is 2. The van der Waals surface area contributed by atoms with Crippen LogP contribution in [0, 0.1) is 0 Å². The molecule has 0 aliphatic carbocycles. The third-order valence-electron chi connectivity index (χ3n) is 1.69. The van der Waals surface area contributed by atoms with E-state index >= 15 is 0 Å². The molecule has 8 heteroatoms. The Hall–Kier alpha value is -2.77. The standard InChI is InChI=1S/C9H4O8/c10-7(11)14-4-2-1-3-5-6(4)16-9(13)17-8(12)15-5/h1-3H,(H,10,11). The lowest BCUT2D eigenvalue weighted by Crippen LogP contribution is -2.14. The Bertz CT molecular complexity index is 506. The summed E-state index contributed by atoms with van der Waals surface area (Å²) in [6, 6.07) is 3.85. The maximum atomic E-state index is 10.9. The molecule has 1 heterocycles. The highest BCUT2D eigenvalue weighted by atomic mass is 16.8. The van der Waals surface area contributed by atoms with Gasteiger partial charge in [-0.25, -0.2) is 14.4 Å². The number of hydrogen-bond donors (Lipinski definition) is 1. The molecule has 88 valence electrons. The smallest absolute Gasteiger partial charge is 0.449 e. The molecule has 0 amide bonds. The van der Waals surface area contributed by atoms with Gasteiger partial charge in [0.1, 0.15) is 0 Å². The summed E-state index contributed by atoms with van der Waals surface area (Å²) in [7, 11) is 0. The second-order valence-corrected chi connectivity index (χ2v) is 2.76. The summed E-state index contributed by atoms with van der Waals surface area (Å²) < 4.78 is 17.5. The van der Waals surface area contributed by atoms with Crippen molar-refractivity contribution in [2.75, 3.05) is 0 Å². The van der Waals surface area contributed by atoms with E-state index in [0.29, 0.717) is 0 Å². The van der Waals surface area contributed by atoms with E-state index in [4.69, 9.17) is 5.11 Å². The normalized spacial score (nSPS) is 13.6. The molecule has 0 saturated heterocycles. The van der Waals surface area contributed by atoms with Crippen molar-refractivity contribution in [3.05, 3.63) is 18.2 Å². The first-order valence-electron chi connectivity index (χ1n) is 4.21. The van der Waals surface area contributed by atoms with E-state index in [2.05, 4.69) is 18.9 Å². The quantitative estimate of drug-likeness (QED) is 0.449. The molecular formula is C9H4O8. The first-order valence-corrected chi connectivity index (χ1v) is 4.21. The first kappa shape index (κ1) is 10.7. The van der Waals surface area contributed by atoms with Crippen LogP contribution in [0.1, 0.15) is 0 Å². The molecule has 0 bridgehead atoms. The highest BCUT2D eigenvalue weighted by molar-refractivity contribution is 5.83. The highest BCUT2D eigenvalue weighted by Gasteiger charge is 2.27. The summed E-state index contributed by atoms with van der Waals surface area (Å²) in [5.74, 6) is -0.813. The fourth-order valence-electron chi connectivity index (χ4n) is 1.13. The minimum atomic E-state index is -1.61. The van der Waals surface area contributed by atoms with E-state index in [1.807, 2.05) is 0 Å². The van der Waals surface area contributed by atoms with Gasteiger partial charge in [-0.1, -0.05) is 6.07 Å². The molecule has 0 unspecified atom stereocenters. The Morgan fingerprint density at radius 1 is 1.12 bits per heavy atom. The molecular weight excluding hydrogens is 236 g/mol. The second kappa shape index (κ2) is 4.00. The number of ether oxygens (including phenoxy) is 4. The maximum Gasteiger partial charge on any atom is 0.524 e. The van der Waals surface area contributed by atoms with Crippen LogP contribution in [0.3, 0.4) is 0 Å². The van der Waals surface area contributed by atoms with Crippen molar-refractivity contribution in [1.82, 2.24) is 0 Å². The van der Waals surface area contributed by atoms with Crippen LogP contribution in [0.2, 0.25) is 0 Å². The van der Waals surface area contributed by atoms with Gasteiger partial charge < -0.3 is 24.1 Å². The number of carbonyl (C=O) groups is 3. The molecule has 1 N–H and O–H groups in total. The van der Waals surface area contributed by atoms with E-state index in [0.717, 1.165) is 0 Å². The minimum Gasteiger partial charge on any atom is -0.449 e. The van der Waals surface area contributed by atoms with Crippen LogP contribution >= 0.6 is 0 Å². The van der Waals surface area contributed by atoms with Crippen molar-refractivity contribution in [3.63, 3.8) is 0 Å². The lowest BCUT2D eigenvalue weighted by atomic mass is 10.3. The maximum absolute atomic E-state index is 10.9. The third kappa shape index (κ3) is 2.25. The van der Waals surface area contributed by atoms with Crippen LogP contribution in [0.25, 0.3) is 0 Å². The summed E-state index contributed by atoms with van der Waals surface area (Å²) in [5, 5.41) is 8.45. The molecule has 1 aromatic carbocycles.